The number of amides is 1. The molecule has 2 heterocycles. The van der Waals surface area contributed by atoms with E-state index in [0.717, 1.165) is 24.1 Å². The molecule has 1 N–H and O–H groups in total. The molecule has 0 aromatic heterocycles. The number of hydrogen-bond acceptors (Lipinski definition) is 3. The summed E-state index contributed by atoms with van der Waals surface area (Å²) >= 11 is 0. The number of nitrogens with zero attached hydrogens (tertiary/aromatic N) is 1. The van der Waals surface area contributed by atoms with Crippen LogP contribution in [-0.2, 0) is 4.79 Å². The molecule has 4 heteroatoms. The van der Waals surface area contributed by atoms with Crippen LogP contribution < -0.4 is 10.1 Å². The molecule has 1 amide bonds. The van der Waals surface area contributed by atoms with Gasteiger partial charge < -0.3 is 10.1 Å². The fourth-order valence-electron chi connectivity index (χ4n) is 4.07. The second-order valence-corrected chi connectivity index (χ2v) is 6.86. The zero-order valence-electron chi connectivity index (χ0n) is 13.9. The van der Waals surface area contributed by atoms with Crippen LogP contribution in [0.25, 0.3) is 10.8 Å². The summed E-state index contributed by atoms with van der Waals surface area (Å²) in [6.07, 6.45) is 4.84. The van der Waals surface area contributed by atoms with Crippen molar-refractivity contribution in [2.45, 2.75) is 37.8 Å². The lowest BCUT2D eigenvalue weighted by atomic mass is 9.99. The van der Waals surface area contributed by atoms with Crippen LogP contribution in [0.5, 0.6) is 5.75 Å². The van der Waals surface area contributed by atoms with Gasteiger partial charge in [0.2, 0.25) is 0 Å². The van der Waals surface area contributed by atoms with E-state index in [-0.39, 0.29) is 18.6 Å². The van der Waals surface area contributed by atoms with Gasteiger partial charge in [-0.25, -0.2) is 0 Å². The second-order valence-electron chi connectivity index (χ2n) is 6.86. The van der Waals surface area contributed by atoms with E-state index in [1.807, 2.05) is 30.3 Å². The first-order valence-corrected chi connectivity index (χ1v) is 8.95. The lowest BCUT2D eigenvalue weighted by molar-refractivity contribution is -0.124. The number of piperidine rings is 1. The van der Waals surface area contributed by atoms with E-state index in [4.69, 9.17) is 4.74 Å². The van der Waals surface area contributed by atoms with Gasteiger partial charge in [0, 0.05) is 18.6 Å². The first-order valence-electron chi connectivity index (χ1n) is 8.95. The van der Waals surface area contributed by atoms with E-state index in [1.165, 1.54) is 31.2 Å². The monoisotopic (exact) mass is 324 g/mol. The van der Waals surface area contributed by atoms with Crippen molar-refractivity contribution < 1.29 is 9.53 Å². The summed E-state index contributed by atoms with van der Waals surface area (Å²) in [5.74, 6) is 0.732. The smallest absolute Gasteiger partial charge is 0.258 e. The fraction of sp³-hybridized carbons (Fsp3) is 0.450. The van der Waals surface area contributed by atoms with Gasteiger partial charge in [-0.1, -0.05) is 36.8 Å². The molecule has 126 valence electrons. The Morgan fingerprint density at radius 1 is 1.08 bits per heavy atom. The van der Waals surface area contributed by atoms with Crippen molar-refractivity contribution in [2.75, 3.05) is 19.7 Å². The summed E-state index contributed by atoms with van der Waals surface area (Å²) in [7, 11) is 0. The van der Waals surface area contributed by atoms with Gasteiger partial charge in [0.25, 0.3) is 5.91 Å². The molecule has 2 fully saturated rings. The highest BCUT2D eigenvalue weighted by Gasteiger charge is 2.36. The van der Waals surface area contributed by atoms with Crippen molar-refractivity contribution in [2.24, 2.45) is 0 Å². The van der Waals surface area contributed by atoms with Crippen LogP contribution in [0.3, 0.4) is 0 Å². The van der Waals surface area contributed by atoms with E-state index >= 15 is 0 Å². The van der Waals surface area contributed by atoms with Crippen LogP contribution in [0.4, 0.5) is 0 Å². The minimum atomic E-state index is -0.0133. The van der Waals surface area contributed by atoms with Crippen LogP contribution in [-0.4, -0.2) is 42.6 Å². The van der Waals surface area contributed by atoms with Crippen molar-refractivity contribution in [1.29, 1.82) is 0 Å². The largest absolute Gasteiger partial charge is 0.484 e. The van der Waals surface area contributed by atoms with Gasteiger partial charge in [-0.15, -0.1) is 0 Å². The highest BCUT2D eigenvalue weighted by Crippen LogP contribution is 2.27. The molecule has 0 radical (unpaired) electrons. The summed E-state index contributed by atoms with van der Waals surface area (Å²) < 4.78 is 5.70. The molecule has 2 saturated heterocycles. The summed E-state index contributed by atoms with van der Waals surface area (Å²) in [5, 5.41) is 5.49. The van der Waals surface area contributed by atoms with Gasteiger partial charge in [-0.05, 0) is 48.7 Å². The molecule has 2 aromatic carbocycles. The van der Waals surface area contributed by atoms with Gasteiger partial charge in [0.1, 0.15) is 5.75 Å². The SMILES string of the molecule is O=C(COc1ccc2ccccc2c1)N[C@@H]1CCN2CCCC[C@@H]12. The Morgan fingerprint density at radius 2 is 1.96 bits per heavy atom. The molecular formula is C20H24N2O2. The summed E-state index contributed by atoms with van der Waals surface area (Å²) in [5.41, 5.74) is 0. The van der Waals surface area contributed by atoms with E-state index in [9.17, 15) is 4.79 Å². The molecule has 4 rings (SSSR count). The molecule has 2 aliphatic heterocycles. The number of nitrogens with one attached hydrogen (secondary N) is 1. The molecule has 0 saturated carbocycles. The summed E-state index contributed by atoms with van der Waals surface area (Å²) in [6.45, 7) is 2.38. The molecule has 24 heavy (non-hydrogen) atoms. The average molecular weight is 324 g/mol. The van der Waals surface area contributed by atoms with Gasteiger partial charge in [-0.2, -0.15) is 0 Å². The Bertz CT molecular complexity index is 730. The number of carbonyl (C=O) groups is 1. The Labute approximate surface area is 142 Å². The van der Waals surface area contributed by atoms with Crippen LogP contribution in [0.1, 0.15) is 25.7 Å². The predicted molar refractivity (Wildman–Crippen MR) is 95.2 cm³/mol. The normalized spacial score (nSPS) is 23.8. The Balaban J connectivity index is 1.32. The van der Waals surface area contributed by atoms with Crippen LogP contribution in [0, 0.1) is 0 Å². The third kappa shape index (κ3) is 3.24. The van der Waals surface area contributed by atoms with Crippen molar-refractivity contribution in [3.05, 3.63) is 42.5 Å². The number of hydrogen-bond donors (Lipinski definition) is 1. The molecule has 2 atom stereocenters. The van der Waals surface area contributed by atoms with E-state index in [0.29, 0.717) is 6.04 Å². The standard InChI is InChI=1S/C20H24N2O2/c23-20(21-18-10-12-22-11-4-3-7-19(18)22)14-24-17-9-8-15-5-1-2-6-16(15)13-17/h1-2,5-6,8-9,13,18-19H,3-4,7,10-12,14H2,(H,21,23)/t18-,19+/m1/s1. The van der Waals surface area contributed by atoms with Crippen molar-refractivity contribution in [3.63, 3.8) is 0 Å². The van der Waals surface area contributed by atoms with Gasteiger partial charge >= 0.3 is 0 Å². The number of ether oxygens (including phenoxy) is 1. The Kier molecular flexibility index (Phi) is 4.39. The zero-order valence-corrected chi connectivity index (χ0v) is 13.9. The lowest BCUT2D eigenvalue weighted by Crippen LogP contribution is -2.47. The maximum atomic E-state index is 12.3. The molecule has 2 aromatic rings. The average Bonchev–Trinajstić information content (AvgIpc) is 3.03. The highest BCUT2D eigenvalue weighted by molar-refractivity contribution is 5.84. The van der Waals surface area contributed by atoms with Crippen molar-refractivity contribution in [1.82, 2.24) is 10.2 Å². The molecule has 4 nitrogen and oxygen atoms in total. The zero-order chi connectivity index (χ0) is 16.4. The summed E-state index contributed by atoms with van der Waals surface area (Å²) in [4.78, 5) is 14.8. The topological polar surface area (TPSA) is 41.6 Å². The van der Waals surface area contributed by atoms with Crippen LogP contribution in [0.15, 0.2) is 42.5 Å². The number of fused-ring (bicyclic) bond motifs is 2. The molecule has 0 unspecified atom stereocenters. The maximum absolute atomic E-state index is 12.3. The third-order valence-corrected chi connectivity index (χ3v) is 5.29. The third-order valence-electron chi connectivity index (χ3n) is 5.29. The highest BCUT2D eigenvalue weighted by atomic mass is 16.5. The van der Waals surface area contributed by atoms with E-state index in [1.54, 1.807) is 0 Å². The quantitative estimate of drug-likeness (QED) is 0.940. The predicted octanol–water partition coefficient (Wildman–Crippen LogP) is 2.96. The van der Waals surface area contributed by atoms with E-state index < -0.39 is 0 Å². The van der Waals surface area contributed by atoms with Crippen molar-refractivity contribution in [3.8, 4) is 5.75 Å². The first kappa shape index (κ1) is 15.5. The second kappa shape index (κ2) is 6.81. The Morgan fingerprint density at radius 3 is 2.88 bits per heavy atom. The first-order chi connectivity index (χ1) is 11.8. The van der Waals surface area contributed by atoms with E-state index in [2.05, 4.69) is 22.3 Å². The maximum Gasteiger partial charge on any atom is 0.258 e. The van der Waals surface area contributed by atoms with Gasteiger partial charge in [0.15, 0.2) is 6.61 Å². The molecule has 0 spiro atoms. The molecule has 2 aliphatic rings. The summed E-state index contributed by atoms with van der Waals surface area (Å²) in [6, 6.07) is 14.9. The number of carbonyl (C=O) groups excluding carboxylic acids is 1. The molecule has 0 aliphatic carbocycles. The van der Waals surface area contributed by atoms with Gasteiger partial charge in [-0.3, -0.25) is 9.69 Å². The fourth-order valence-corrected chi connectivity index (χ4v) is 4.07. The van der Waals surface area contributed by atoms with Crippen molar-refractivity contribution >= 4 is 16.7 Å². The molecule has 0 bridgehead atoms. The van der Waals surface area contributed by atoms with Gasteiger partial charge in [0.05, 0.1) is 0 Å². The van der Waals surface area contributed by atoms with Crippen LogP contribution in [0.2, 0.25) is 0 Å². The molecular weight excluding hydrogens is 300 g/mol. The minimum absolute atomic E-state index is 0.0133. The number of benzene rings is 2. The minimum Gasteiger partial charge on any atom is -0.484 e. The lowest BCUT2D eigenvalue weighted by Gasteiger charge is -2.32. The van der Waals surface area contributed by atoms with Crippen LogP contribution >= 0.6 is 0 Å². The Hall–Kier alpha value is -2.07. The number of rotatable bonds is 4.